The second-order valence-corrected chi connectivity index (χ2v) is 6.39. The molecule has 1 fully saturated rings. The summed E-state index contributed by atoms with van der Waals surface area (Å²) >= 11 is 0. The van der Waals surface area contributed by atoms with Gasteiger partial charge in [0, 0.05) is 18.8 Å². The van der Waals surface area contributed by atoms with Crippen LogP contribution >= 0.6 is 0 Å². The maximum atomic E-state index is 12.4. The summed E-state index contributed by atoms with van der Waals surface area (Å²) in [6, 6.07) is 7.84. The van der Waals surface area contributed by atoms with Gasteiger partial charge in [-0.05, 0) is 37.3 Å². The minimum Gasteiger partial charge on any atom is -0.384 e. The predicted molar refractivity (Wildman–Crippen MR) is 93.4 cm³/mol. The SMILES string of the molecule is CCCCCNc1ccccc1C(=O)NCC1CCCCC1. The van der Waals surface area contributed by atoms with Crippen molar-refractivity contribution in [1.29, 1.82) is 0 Å². The molecule has 1 aliphatic carbocycles. The van der Waals surface area contributed by atoms with E-state index in [0.29, 0.717) is 5.92 Å². The summed E-state index contributed by atoms with van der Waals surface area (Å²) in [6.07, 6.45) is 10.1. The molecule has 1 aromatic rings. The van der Waals surface area contributed by atoms with E-state index in [2.05, 4.69) is 17.6 Å². The molecule has 1 saturated carbocycles. The minimum absolute atomic E-state index is 0.0594. The number of carbonyl (C=O) groups excluding carboxylic acids is 1. The first kappa shape index (κ1) is 16.9. The van der Waals surface area contributed by atoms with Crippen molar-refractivity contribution in [2.75, 3.05) is 18.4 Å². The molecule has 0 aliphatic heterocycles. The van der Waals surface area contributed by atoms with Crippen LogP contribution < -0.4 is 10.6 Å². The normalized spacial score (nSPS) is 15.5. The Morgan fingerprint density at radius 3 is 2.68 bits per heavy atom. The number of nitrogens with one attached hydrogen (secondary N) is 2. The largest absolute Gasteiger partial charge is 0.384 e. The fraction of sp³-hybridized carbons (Fsp3) is 0.632. The Hall–Kier alpha value is -1.51. The Balaban J connectivity index is 1.85. The molecule has 122 valence electrons. The molecule has 0 radical (unpaired) electrons. The maximum absolute atomic E-state index is 12.4. The molecule has 0 unspecified atom stereocenters. The van der Waals surface area contributed by atoms with E-state index in [-0.39, 0.29) is 5.91 Å². The molecule has 3 nitrogen and oxygen atoms in total. The van der Waals surface area contributed by atoms with Crippen molar-refractivity contribution in [1.82, 2.24) is 5.32 Å². The van der Waals surface area contributed by atoms with E-state index in [9.17, 15) is 4.79 Å². The Morgan fingerprint density at radius 1 is 1.14 bits per heavy atom. The van der Waals surface area contributed by atoms with Crippen LogP contribution in [0.4, 0.5) is 5.69 Å². The van der Waals surface area contributed by atoms with E-state index in [4.69, 9.17) is 0 Å². The maximum Gasteiger partial charge on any atom is 0.253 e. The van der Waals surface area contributed by atoms with Crippen LogP contribution in [0.15, 0.2) is 24.3 Å². The van der Waals surface area contributed by atoms with Crippen LogP contribution in [0.3, 0.4) is 0 Å². The number of carbonyl (C=O) groups is 1. The highest BCUT2D eigenvalue weighted by Gasteiger charge is 2.16. The molecular formula is C19H30N2O. The van der Waals surface area contributed by atoms with Crippen LogP contribution in [0.1, 0.15) is 68.6 Å². The monoisotopic (exact) mass is 302 g/mol. The van der Waals surface area contributed by atoms with Gasteiger partial charge in [0.1, 0.15) is 0 Å². The number of unbranched alkanes of at least 4 members (excludes halogenated alkanes) is 2. The minimum atomic E-state index is 0.0594. The van der Waals surface area contributed by atoms with Gasteiger partial charge in [0.15, 0.2) is 0 Å². The molecule has 2 rings (SSSR count). The zero-order chi connectivity index (χ0) is 15.6. The number of benzene rings is 1. The molecule has 0 bridgehead atoms. The van der Waals surface area contributed by atoms with Gasteiger partial charge in [-0.15, -0.1) is 0 Å². The van der Waals surface area contributed by atoms with E-state index in [1.807, 2.05) is 24.3 Å². The zero-order valence-corrected chi connectivity index (χ0v) is 13.9. The number of para-hydroxylation sites is 1. The van der Waals surface area contributed by atoms with E-state index in [0.717, 1.165) is 30.8 Å². The second kappa shape index (κ2) is 9.50. The number of anilines is 1. The van der Waals surface area contributed by atoms with E-state index >= 15 is 0 Å². The summed E-state index contributed by atoms with van der Waals surface area (Å²) in [4.78, 5) is 12.4. The number of amides is 1. The molecule has 2 N–H and O–H groups in total. The summed E-state index contributed by atoms with van der Waals surface area (Å²) in [5, 5.41) is 6.54. The van der Waals surface area contributed by atoms with Crippen molar-refractivity contribution in [3.05, 3.63) is 29.8 Å². The van der Waals surface area contributed by atoms with Gasteiger partial charge in [-0.25, -0.2) is 0 Å². The fourth-order valence-corrected chi connectivity index (χ4v) is 3.16. The average Bonchev–Trinajstić information content (AvgIpc) is 2.58. The van der Waals surface area contributed by atoms with E-state index in [1.165, 1.54) is 44.9 Å². The lowest BCUT2D eigenvalue weighted by molar-refractivity contribution is 0.0944. The molecule has 0 heterocycles. The smallest absolute Gasteiger partial charge is 0.253 e. The van der Waals surface area contributed by atoms with Gasteiger partial charge >= 0.3 is 0 Å². The molecule has 1 amide bonds. The lowest BCUT2D eigenvalue weighted by atomic mass is 9.89. The zero-order valence-electron chi connectivity index (χ0n) is 13.9. The summed E-state index contributed by atoms with van der Waals surface area (Å²) in [6.45, 7) is 3.95. The fourth-order valence-electron chi connectivity index (χ4n) is 3.16. The van der Waals surface area contributed by atoms with E-state index in [1.54, 1.807) is 0 Å². The first-order valence-corrected chi connectivity index (χ1v) is 8.92. The van der Waals surface area contributed by atoms with Gasteiger partial charge in [-0.3, -0.25) is 4.79 Å². The highest BCUT2D eigenvalue weighted by Crippen LogP contribution is 2.23. The number of hydrogen-bond acceptors (Lipinski definition) is 2. The molecule has 1 aliphatic rings. The summed E-state index contributed by atoms with van der Waals surface area (Å²) in [5.74, 6) is 0.728. The topological polar surface area (TPSA) is 41.1 Å². The Morgan fingerprint density at radius 2 is 1.91 bits per heavy atom. The number of rotatable bonds is 8. The first-order chi connectivity index (χ1) is 10.8. The molecule has 0 saturated heterocycles. The standard InChI is InChI=1S/C19H30N2O/c1-2-3-9-14-20-18-13-8-7-12-17(18)19(22)21-15-16-10-5-4-6-11-16/h7-8,12-13,16,20H,2-6,9-11,14-15H2,1H3,(H,21,22). The van der Waals surface area contributed by atoms with Gasteiger partial charge in [-0.2, -0.15) is 0 Å². The first-order valence-electron chi connectivity index (χ1n) is 8.92. The molecule has 0 atom stereocenters. The third kappa shape index (κ3) is 5.36. The van der Waals surface area contributed by atoms with Crippen molar-refractivity contribution < 1.29 is 4.79 Å². The van der Waals surface area contributed by atoms with Crippen molar-refractivity contribution in [3.8, 4) is 0 Å². The molecule has 0 aromatic heterocycles. The molecule has 22 heavy (non-hydrogen) atoms. The quantitative estimate of drug-likeness (QED) is 0.689. The third-order valence-electron chi connectivity index (χ3n) is 4.54. The van der Waals surface area contributed by atoms with Gasteiger partial charge in [-0.1, -0.05) is 51.2 Å². The van der Waals surface area contributed by atoms with Crippen LogP contribution in [0, 0.1) is 5.92 Å². The van der Waals surface area contributed by atoms with Gasteiger partial charge in [0.05, 0.1) is 5.56 Å². The van der Waals surface area contributed by atoms with Crippen molar-refractivity contribution in [2.45, 2.75) is 58.3 Å². The average molecular weight is 302 g/mol. The molecule has 1 aromatic carbocycles. The molecule has 0 spiro atoms. The summed E-state index contributed by atoms with van der Waals surface area (Å²) in [5.41, 5.74) is 1.73. The van der Waals surface area contributed by atoms with Crippen LogP contribution in [-0.2, 0) is 0 Å². The Kier molecular flexibility index (Phi) is 7.27. The van der Waals surface area contributed by atoms with Crippen molar-refractivity contribution in [2.24, 2.45) is 5.92 Å². The highest BCUT2D eigenvalue weighted by molar-refractivity contribution is 5.99. The van der Waals surface area contributed by atoms with Crippen LogP contribution in [0.5, 0.6) is 0 Å². The molecular weight excluding hydrogens is 272 g/mol. The van der Waals surface area contributed by atoms with Gasteiger partial charge < -0.3 is 10.6 Å². The third-order valence-corrected chi connectivity index (χ3v) is 4.54. The summed E-state index contributed by atoms with van der Waals surface area (Å²) in [7, 11) is 0. The van der Waals surface area contributed by atoms with Crippen molar-refractivity contribution >= 4 is 11.6 Å². The summed E-state index contributed by atoms with van der Waals surface area (Å²) < 4.78 is 0. The lowest BCUT2D eigenvalue weighted by Gasteiger charge is -2.22. The lowest BCUT2D eigenvalue weighted by Crippen LogP contribution is -2.30. The second-order valence-electron chi connectivity index (χ2n) is 6.39. The predicted octanol–water partition coefficient (Wildman–Crippen LogP) is 4.60. The highest BCUT2D eigenvalue weighted by atomic mass is 16.1. The number of hydrogen-bond donors (Lipinski definition) is 2. The van der Waals surface area contributed by atoms with Crippen molar-refractivity contribution in [3.63, 3.8) is 0 Å². The Labute approximate surface area is 134 Å². The molecule has 3 heteroatoms. The van der Waals surface area contributed by atoms with Crippen LogP contribution in [0.25, 0.3) is 0 Å². The van der Waals surface area contributed by atoms with Gasteiger partial charge in [0.2, 0.25) is 0 Å². The van der Waals surface area contributed by atoms with Gasteiger partial charge in [0.25, 0.3) is 5.91 Å². The van der Waals surface area contributed by atoms with Crippen LogP contribution in [0.2, 0.25) is 0 Å². The Bertz CT molecular complexity index is 453. The van der Waals surface area contributed by atoms with E-state index < -0.39 is 0 Å². The van der Waals surface area contributed by atoms with Crippen LogP contribution in [-0.4, -0.2) is 19.0 Å².